The van der Waals surface area contributed by atoms with Crippen LogP contribution >= 0.6 is 11.3 Å². The van der Waals surface area contributed by atoms with Gasteiger partial charge in [0.15, 0.2) is 0 Å². The fourth-order valence-electron chi connectivity index (χ4n) is 2.81. The van der Waals surface area contributed by atoms with Crippen LogP contribution < -0.4 is 5.32 Å². The number of benzene rings is 1. The van der Waals surface area contributed by atoms with Crippen LogP contribution in [0.15, 0.2) is 40.6 Å². The molecule has 0 unspecified atom stereocenters. The number of hydrogen-bond acceptors (Lipinski definition) is 4. The average Bonchev–Trinajstić information content (AvgIpc) is 3.08. The molecule has 0 aliphatic carbocycles. The van der Waals surface area contributed by atoms with Crippen molar-refractivity contribution in [2.45, 2.75) is 24.7 Å². The fourth-order valence-corrected chi connectivity index (χ4v) is 5.57. The standard InChI is InChI=1S/C17H19FN2O3S2/c1-12-3-2-8-20(10-12)25(22,23)15-9-16(24-11-15)17(21)19-14-6-4-13(18)5-7-14/h4-7,9,11-12H,2-3,8,10H2,1H3,(H,19,21)/t12-/m1/s1. The van der Waals surface area contributed by atoms with Crippen molar-refractivity contribution in [1.29, 1.82) is 0 Å². The van der Waals surface area contributed by atoms with Crippen LogP contribution in [0.25, 0.3) is 0 Å². The van der Waals surface area contributed by atoms with Crippen molar-refractivity contribution in [3.05, 3.63) is 46.4 Å². The van der Waals surface area contributed by atoms with Gasteiger partial charge >= 0.3 is 0 Å². The lowest BCUT2D eigenvalue weighted by Gasteiger charge is -2.29. The number of carbonyl (C=O) groups excluding carboxylic acids is 1. The second kappa shape index (κ2) is 7.23. The highest BCUT2D eigenvalue weighted by Gasteiger charge is 2.30. The summed E-state index contributed by atoms with van der Waals surface area (Å²) in [5.74, 6) is -0.466. The monoisotopic (exact) mass is 382 g/mol. The molecule has 0 spiro atoms. The molecule has 1 aromatic heterocycles. The van der Waals surface area contributed by atoms with E-state index >= 15 is 0 Å². The average molecular weight is 382 g/mol. The van der Waals surface area contributed by atoms with Crippen molar-refractivity contribution in [3.63, 3.8) is 0 Å². The molecule has 1 aliphatic heterocycles. The molecule has 2 aromatic rings. The minimum Gasteiger partial charge on any atom is -0.321 e. The molecule has 5 nitrogen and oxygen atoms in total. The maximum atomic E-state index is 12.9. The van der Waals surface area contributed by atoms with Crippen molar-refractivity contribution >= 4 is 33.0 Å². The van der Waals surface area contributed by atoms with E-state index in [2.05, 4.69) is 5.32 Å². The maximum Gasteiger partial charge on any atom is 0.265 e. The predicted molar refractivity (Wildman–Crippen MR) is 95.8 cm³/mol. The second-order valence-electron chi connectivity index (χ2n) is 6.22. The number of piperidine rings is 1. The number of hydrogen-bond donors (Lipinski definition) is 1. The third-order valence-electron chi connectivity index (χ3n) is 4.16. The van der Waals surface area contributed by atoms with E-state index in [4.69, 9.17) is 0 Å². The SMILES string of the molecule is C[C@@H]1CCCN(S(=O)(=O)c2csc(C(=O)Nc3ccc(F)cc3)c2)C1. The summed E-state index contributed by atoms with van der Waals surface area (Å²) >= 11 is 1.08. The zero-order chi connectivity index (χ0) is 18.0. The van der Waals surface area contributed by atoms with Gasteiger partial charge < -0.3 is 5.32 Å². The number of rotatable bonds is 4. The molecule has 1 atom stereocenters. The molecule has 0 radical (unpaired) electrons. The van der Waals surface area contributed by atoms with Crippen LogP contribution in [-0.2, 0) is 10.0 Å². The summed E-state index contributed by atoms with van der Waals surface area (Å²) in [5, 5.41) is 4.13. The molecule has 1 N–H and O–H groups in total. The third-order valence-corrected chi connectivity index (χ3v) is 7.08. The van der Waals surface area contributed by atoms with E-state index < -0.39 is 21.7 Å². The van der Waals surface area contributed by atoms with Gasteiger partial charge in [-0.25, -0.2) is 12.8 Å². The number of carbonyl (C=O) groups is 1. The second-order valence-corrected chi connectivity index (χ2v) is 9.07. The van der Waals surface area contributed by atoms with Crippen LogP contribution in [-0.4, -0.2) is 31.7 Å². The van der Waals surface area contributed by atoms with E-state index in [9.17, 15) is 17.6 Å². The summed E-state index contributed by atoms with van der Waals surface area (Å²) in [7, 11) is -3.57. The minimum atomic E-state index is -3.57. The van der Waals surface area contributed by atoms with Crippen LogP contribution in [0.5, 0.6) is 0 Å². The lowest BCUT2D eigenvalue weighted by molar-refractivity contribution is 0.103. The Morgan fingerprint density at radius 3 is 2.72 bits per heavy atom. The number of nitrogens with one attached hydrogen (secondary N) is 1. The Kier molecular flexibility index (Phi) is 5.21. The molecule has 3 rings (SSSR count). The minimum absolute atomic E-state index is 0.149. The lowest BCUT2D eigenvalue weighted by atomic mass is 10.0. The zero-order valence-corrected chi connectivity index (χ0v) is 15.4. The van der Waals surface area contributed by atoms with Crippen LogP contribution in [0.1, 0.15) is 29.4 Å². The normalized spacial score (nSPS) is 18.9. The Morgan fingerprint density at radius 1 is 1.32 bits per heavy atom. The largest absolute Gasteiger partial charge is 0.321 e. The van der Waals surface area contributed by atoms with Crippen molar-refractivity contribution in [1.82, 2.24) is 4.31 Å². The zero-order valence-electron chi connectivity index (χ0n) is 13.7. The molecular formula is C17H19FN2O3S2. The molecule has 1 aromatic carbocycles. The molecule has 25 heavy (non-hydrogen) atoms. The molecule has 1 fully saturated rings. The van der Waals surface area contributed by atoms with Gasteiger partial charge in [0.1, 0.15) is 5.82 Å². The quantitative estimate of drug-likeness (QED) is 0.879. The van der Waals surface area contributed by atoms with Crippen LogP contribution in [0.2, 0.25) is 0 Å². The third kappa shape index (κ3) is 4.08. The first kappa shape index (κ1) is 18.0. The van der Waals surface area contributed by atoms with Crippen molar-refractivity contribution in [2.24, 2.45) is 5.92 Å². The topological polar surface area (TPSA) is 66.5 Å². The molecule has 1 saturated heterocycles. The number of thiophene rings is 1. The van der Waals surface area contributed by atoms with Crippen molar-refractivity contribution in [3.8, 4) is 0 Å². The van der Waals surface area contributed by atoms with Gasteiger partial charge in [-0.1, -0.05) is 6.92 Å². The molecule has 1 aliphatic rings. The molecular weight excluding hydrogens is 363 g/mol. The Labute approximate surface area is 150 Å². The van der Waals surface area contributed by atoms with Gasteiger partial charge in [-0.2, -0.15) is 4.31 Å². The van der Waals surface area contributed by atoms with E-state index in [1.54, 1.807) is 0 Å². The smallest absolute Gasteiger partial charge is 0.265 e. The van der Waals surface area contributed by atoms with Gasteiger partial charge in [-0.05, 0) is 49.1 Å². The maximum absolute atomic E-state index is 12.9. The number of sulfonamides is 1. The van der Waals surface area contributed by atoms with E-state index in [0.717, 1.165) is 24.2 Å². The van der Waals surface area contributed by atoms with E-state index in [1.807, 2.05) is 6.92 Å². The Morgan fingerprint density at radius 2 is 2.04 bits per heavy atom. The fraction of sp³-hybridized carbons (Fsp3) is 0.353. The van der Waals surface area contributed by atoms with E-state index in [-0.39, 0.29) is 4.90 Å². The predicted octanol–water partition coefficient (Wildman–Crippen LogP) is 3.56. The highest BCUT2D eigenvalue weighted by Crippen LogP contribution is 2.27. The molecule has 8 heteroatoms. The summed E-state index contributed by atoms with van der Waals surface area (Å²) in [6, 6.07) is 6.80. The van der Waals surface area contributed by atoms with Gasteiger partial charge in [-0.15, -0.1) is 11.3 Å². The summed E-state index contributed by atoms with van der Waals surface area (Å²) < 4.78 is 39.8. The number of amides is 1. The van der Waals surface area contributed by atoms with Gasteiger partial charge in [0.25, 0.3) is 5.91 Å². The van der Waals surface area contributed by atoms with Crippen LogP contribution in [0, 0.1) is 11.7 Å². The van der Waals surface area contributed by atoms with Gasteiger partial charge in [0.05, 0.1) is 9.77 Å². The van der Waals surface area contributed by atoms with E-state index in [0.29, 0.717) is 29.6 Å². The Balaban J connectivity index is 1.75. The van der Waals surface area contributed by atoms with Gasteiger partial charge in [-0.3, -0.25) is 4.79 Å². The summed E-state index contributed by atoms with van der Waals surface area (Å²) in [5.41, 5.74) is 0.453. The highest BCUT2D eigenvalue weighted by atomic mass is 32.2. The van der Waals surface area contributed by atoms with Gasteiger partial charge in [0.2, 0.25) is 10.0 Å². The Hall–Kier alpha value is -1.77. The summed E-state index contributed by atoms with van der Waals surface area (Å²) in [6.07, 6.45) is 1.88. The molecule has 0 bridgehead atoms. The number of anilines is 1. The van der Waals surface area contributed by atoms with Crippen LogP contribution in [0.3, 0.4) is 0 Å². The van der Waals surface area contributed by atoms with E-state index in [1.165, 1.54) is 40.0 Å². The Bertz CT molecular complexity index is 862. The van der Waals surface area contributed by atoms with Crippen LogP contribution in [0.4, 0.5) is 10.1 Å². The number of nitrogens with zero attached hydrogens (tertiary/aromatic N) is 1. The van der Waals surface area contributed by atoms with Crippen molar-refractivity contribution < 1.29 is 17.6 Å². The first-order valence-corrected chi connectivity index (χ1v) is 10.3. The summed E-state index contributed by atoms with van der Waals surface area (Å²) in [6.45, 7) is 3.06. The highest BCUT2D eigenvalue weighted by molar-refractivity contribution is 7.89. The molecule has 0 saturated carbocycles. The lowest BCUT2D eigenvalue weighted by Crippen LogP contribution is -2.38. The molecule has 1 amide bonds. The van der Waals surface area contributed by atoms with Gasteiger partial charge in [0, 0.05) is 24.2 Å². The van der Waals surface area contributed by atoms with Crippen molar-refractivity contribution in [2.75, 3.05) is 18.4 Å². The first-order chi connectivity index (χ1) is 11.9. The molecule has 134 valence electrons. The number of halogens is 1. The first-order valence-electron chi connectivity index (χ1n) is 8.02. The summed E-state index contributed by atoms with van der Waals surface area (Å²) in [4.78, 5) is 12.7. The molecule has 2 heterocycles.